The number of hydrogen-bond acceptors (Lipinski definition) is 3. The number of carbonyl (C=O) groups is 1. The van der Waals surface area contributed by atoms with Gasteiger partial charge in [-0.15, -0.1) is 0 Å². The minimum atomic E-state index is -2.95. The van der Waals surface area contributed by atoms with E-state index < -0.39 is 17.4 Å². The first-order chi connectivity index (χ1) is 17.1. The molecule has 1 aromatic heterocycles. The van der Waals surface area contributed by atoms with Crippen molar-refractivity contribution < 1.29 is 23.4 Å². The van der Waals surface area contributed by atoms with Crippen LogP contribution in [0.4, 0.5) is 8.78 Å². The van der Waals surface area contributed by atoms with E-state index in [-0.39, 0.29) is 18.7 Å². The smallest absolute Gasteiger partial charge is 0.267 e. The van der Waals surface area contributed by atoms with Crippen LogP contribution < -0.4 is 4.74 Å². The van der Waals surface area contributed by atoms with Gasteiger partial charge >= 0.3 is 0 Å². The van der Waals surface area contributed by atoms with E-state index in [9.17, 15) is 18.7 Å². The summed E-state index contributed by atoms with van der Waals surface area (Å²) in [7, 11) is 0. The van der Waals surface area contributed by atoms with Crippen LogP contribution in [0.3, 0.4) is 0 Å². The molecule has 1 atom stereocenters. The van der Waals surface area contributed by atoms with Crippen LogP contribution in [0.15, 0.2) is 40.9 Å². The average Bonchev–Trinajstić information content (AvgIpc) is 3.57. The molecule has 5 nitrogen and oxygen atoms in total. The van der Waals surface area contributed by atoms with Gasteiger partial charge in [0, 0.05) is 58.1 Å². The molecule has 0 spiro atoms. The third-order valence-electron chi connectivity index (χ3n) is 7.45. The normalized spacial score (nSPS) is 17.5. The zero-order chi connectivity index (χ0) is 25.7. The molecule has 1 fully saturated rings. The van der Waals surface area contributed by atoms with Crippen LogP contribution in [-0.2, 0) is 18.3 Å². The number of hydrogen-bond donors (Lipinski definition) is 2. The number of aromatic nitrogens is 1. The summed E-state index contributed by atoms with van der Waals surface area (Å²) in [5.74, 6) is 0.729. The van der Waals surface area contributed by atoms with Crippen LogP contribution in [0.5, 0.6) is 5.75 Å². The second kappa shape index (κ2) is 9.45. The Kier molecular flexibility index (Phi) is 6.62. The van der Waals surface area contributed by atoms with Crippen molar-refractivity contribution in [2.45, 2.75) is 63.4 Å². The van der Waals surface area contributed by atoms with Crippen molar-refractivity contribution in [2.24, 2.45) is 0 Å². The molecule has 2 aliphatic heterocycles. The van der Waals surface area contributed by atoms with Crippen LogP contribution in [0, 0.1) is 0 Å². The summed E-state index contributed by atoms with van der Waals surface area (Å²) in [6.07, 6.45) is -0.544. The number of alkyl halides is 2. The largest absolute Gasteiger partial charge is 0.493 e. The van der Waals surface area contributed by atoms with E-state index in [4.69, 9.17) is 4.74 Å². The fraction of sp³-hybridized carbons (Fsp3) is 0.464. The highest BCUT2D eigenvalue weighted by Crippen LogP contribution is 2.45. The van der Waals surface area contributed by atoms with Crippen LogP contribution in [0.25, 0.3) is 10.9 Å². The minimum absolute atomic E-state index is 0.00763. The zero-order valence-electron chi connectivity index (χ0n) is 20.5. The van der Waals surface area contributed by atoms with Gasteiger partial charge in [-0.05, 0) is 66.6 Å². The lowest BCUT2D eigenvalue weighted by Gasteiger charge is -2.36. The summed E-state index contributed by atoms with van der Waals surface area (Å²) in [6.45, 7) is 5.82. The zero-order valence-corrected chi connectivity index (χ0v) is 22.1. The number of amides is 1. The maximum atomic E-state index is 14.4. The number of carbonyl (C=O) groups excluding carboxylic acids is 1. The number of halogens is 3. The van der Waals surface area contributed by atoms with E-state index in [1.54, 1.807) is 24.3 Å². The van der Waals surface area contributed by atoms with Crippen LogP contribution >= 0.6 is 15.9 Å². The van der Waals surface area contributed by atoms with E-state index in [0.717, 1.165) is 64.6 Å². The highest BCUT2D eigenvalue weighted by molar-refractivity contribution is 9.10. The third kappa shape index (κ3) is 4.77. The first kappa shape index (κ1) is 25.2. The van der Waals surface area contributed by atoms with Crippen LogP contribution in [0.1, 0.15) is 60.3 Å². The second-order valence-corrected chi connectivity index (χ2v) is 11.7. The Hall–Kier alpha value is -2.45. The molecule has 5 rings (SSSR count). The van der Waals surface area contributed by atoms with E-state index in [1.165, 1.54) is 0 Å². The molecule has 8 heteroatoms. The lowest BCUT2D eigenvalue weighted by Crippen LogP contribution is -2.45. The second-order valence-electron chi connectivity index (χ2n) is 10.8. The first-order valence-electron chi connectivity index (χ1n) is 12.4. The monoisotopic (exact) mass is 560 g/mol. The molecule has 1 amide bonds. The van der Waals surface area contributed by atoms with E-state index in [0.29, 0.717) is 17.9 Å². The molecule has 0 saturated carbocycles. The van der Waals surface area contributed by atoms with E-state index >= 15 is 0 Å². The summed E-state index contributed by atoms with van der Waals surface area (Å²) < 4.78 is 35.5. The number of nitrogens with one attached hydrogen (secondary N) is 1. The number of fused-ring (bicyclic) bond motifs is 2. The molecular formula is C28H31BrF2N2O3. The van der Waals surface area contributed by atoms with Crippen LogP contribution in [-0.4, -0.2) is 52.6 Å². The summed E-state index contributed by atoms with van der Waals surface area (Å²) in [6, 6.07) is 11.0. The fourth-order valence-corrected chi connectivity index (χ4v) is 6.21. The molecule has 3 aromatic rings. The Balaban J connectivity index is 1.41. The van der Waals surface area contributed by atoms with Crippen molar-refractivity contribution in [1.29, 1.82) is 0 Å². The van der Waals surface area contributed by atoms with Gasteiger partial charge in [0.25, 0.3) is 12.3 Å². The van der Waals surface area contributed by atoms with Crippen molar-refractivity contribution in [3.05, 3.63) is 63.3 Å². The number of H-pyrrole nitrogens is 1. The Labute approximate surface area is 218 Å². The quantitative estimate of drug-likeness (QED) is 0.372. The average molecular weight is 561 g/mol. The maximum absolute atomic E-state index is 14.4. The van der Waals surface area contributed by atoms with Gasteiger partial charge in [0.1, 0.15) is 11.4 Å². The molecular weight excluding hydrogens is 530 g/mol. The van der Waals surface area contributed by atoms with Gasteiger partial charge in [0.2, 0.25) is 0 Å². The van der Waals surface area contributed by atoms with Crippen molar-refractivity contribution >= 4 is 32.7 Å². The topological polar surface area (TPSA) is 65.6 Å². The highest BCUT2D eigenvalue weighted by Gasteiger charge is 2.44. The summed E-state index contributed by atoms with van der Waals surface area (Å²) in [4.78, 5) is 17.8. The van der Waals surface area contributed by atoms with Gasteiger partial charge in [0.15, 0.2) is 0 Å². The number of benzene rings is 2. The summed E-state index contributed by atoms with van der Waals surface area (Å²) >= 11 is 3.53. The number of rotatable bonds is 7. The predicted octanol–water partition coefficient (Wildman–Crippen LogP) is 6.01. The number of nitrogens with zero attached hydrogens (tertiary/aromatic N) is 1. The maximum Gasteiger partial charge on any atom is 0.267 e. The SMILES string of the molecule is CC(C)(CC(O)(Cc1cc2cc(C(=O)N3CCCC3)ccc2[nH]1)C(F)F)c1cc(Br)cc2c1OCC2. The fourth-order valence-electron chi connectivity index (χ4n) is 5.70. The van der Waals surface area contributed by atoms with Crippen molar-refractivity contribution in [3.63, 3.8) is 0 Å². The molecule has 192 valence electrons. The van der Waals surface area contributed by atoms with Gasteiger partial charge in [0.05, 0.1) is 6.61 Å². The molecule has 0 bridgehead atoms. The molecule has 2 N–H and O–H groups in total. The highest BCUT2D eigenvalue weighted by atomic mass is 79.9. The molecule has 0 aliphatic carbocycles. The van der Waals surface area contributed by atoms with Crippen molar-refractivity contribution in [1.82, 2.24) is 9.88 Å². The van der Waals surface area contributed by atoms with Crippen molar-refractivity contribution in [2.75, 3.05) is 19.7 Å². The van der Waals surface area contributed by atoms with Crippen LogP contribution in [0.2, 0.25) is 0 Å². The Bertz CT molecular complexity index is 1300. The van der Waals surface area contributed by atoms with Gasteiger partial charge in [-0.3, -0.25) is 4.79 Å². The van der Waals surface area contributed by atoms with E-state index in [2.05, 4.69) is 20.9 Å². The lowest BCUT2D eigenvalue weighted by molar-refractivity contribution is -0.110. The Morgan fingerprint density at radius 2 is 1.94 bits per heavy atom. The molecule has 1 unspecified atom stereocenters. The molecule has 1 saturated heterocycles. The number of likely N-dealkylation sites (tertiary alicyclic amines) is 1. The number of aliphatic hydroxyl groups is 1. The molecule has 36 heavy (non-hydrogen) atoms. The summed E-state index contributed by atoms with van der Waals surface area (Å²) in [5, 5.41) is 12.1. The molecule has 2 aliphatic rings. The van der Waals surface area contributed by atoms with Gasteiger partial charge in [-0.2, -0.15) is 0 Å². The molecule has 3 heterocycles. The summed E-state index contributed by atoms with van der Waals surface area (Å²) in [5.41, 5.74) is 0.663. The lowest BCUT2D eigenvalue weighted by atomic mass is 9.73. The van der Waals surface area contributed by atoms with Crippen molar-refractivity contribution in [3.8, 4) is 5.75 Å². The minimum Gasteiger partial charge on any atom is -0.493 e. The first-order valence-corrected chi connectivity index (χ1v) is 13.2. The van der Waals surface area contributed by atoms with Gasteiger partial charge in [-0.1, -0.05) is 29.8 Å². The molecule has 0 radical (unpaired) electrons. The van der Waals surface area contributed by atoms with Gasteiger partial charge < -0.3 is 19.7 Å². The molecule has 2 aromatic carbocycles. The number of ether oxygens (including phenoxy) is 1. The predicted molar refractivity (Wildman–Crippen MR) is 139 cm³/mol. The Morgan fingerprint density at radius 1 is 1.19 bits per heavy atom. The standard InChI is InChI=1S/C28H31BrF2N2O3/c1-27(2,22-14-20(29)12-17-7-10-36-24(17)22)16-28(35,26(30)31)15-21-13-19-11-18(5-6-23(19)32-21)25(34)33-8-3-4-9-33/h5-6,11-14,26,32,35H,3-4,7-10,15-16H2,1-2H3. The van der Waals surface area contributed by atoms with Gasteiger partial charge in [-0.25, -0.2) is 8.78 Å². The van der Waals surface area contributed by atoms with E-state index in [1.807, 2.05) is 30.9 Å². The number of aromatic amines is 1. The Morgan fingerprint density at radius 3 is 2.67 bits per heavy atom. The third-order valence-corrected chi connectivity index (χ3v) is 7.90.